The number of rotatable bonds is 4. The SMILES string of the molecule is CCCCc1ccc(Cl)cc1C1=NC(C)(C)CO1. The predicted octanol–water partition coefficient (Wildman–Crippen LogP) is 4.24. The molecule has 0 saturated heterocycles. The minimum absolute atomic E-state index is 0.125. The lowest BCUT2D eigenvalue weighted by atomic mass is 10.0. The van der Waals surface area contributed by atoms with Crippen LogP contribution in [-0.4, -0.2) is 18.0 Å². The molecule has 1 aromatic carbocycles. The summed E-state index contributed by atoms with van der Waals surface area (Å²) < 4.78 is 5.72. The van der Waals surface area contributed by atoms with Crippen LogP contribution < -0.4 is 0 Å². The van der Waals surface area contributed by atoms with Crippen molar-refractivity contribution in [3.8, 4) is 0 Å². The molecular weight excluding hydrogens is 246 g/mol. The van der Waals surface area contributed by atoms with Gasteiger partial charge in [0.15, 0.2) is 0 Å². The second-order valence-electron chi connectivity index (χ2n) is 5.42. The third kappa shape index (κ3) is 3.05. The minimum atomic E-state index is -0.125. The second-order valence-corrected chi connectivity index (χ2v) is 5.86. The van der Waals surface area contributed by atoms with E-state index < -0.39 is 0 Å². The Kier molecular flexibility index (Phi) is 3.96. The number of hydrogen-bond acceptors (Lipinski definition) is 2. The van der Waals surface area contributed by atoms with Gasteiger partial charge >= 0.3 is 0 Å². The molecule has 1 aliphatic rings. The van der Waals surface area contributed by atoms with Gasteiger partial charge in [-0.3, -0.25) is 0 Å². The maximum absolute atomic E-state index is 6.09. The number of aryl methyl sites for hydroxylation is 1. The quantitative estimate of drug-likeness (QED) is 0.798. The largest absolute Gasteiger partial charge is 0.475 e. The van der Waals surface area contributed by atoms with Gasteiger partial charge in [-0.1, -0.05) is 31.0 Å². The molecule has 0 aliphatic carbocycles. The first kappa shape index (κ1) is 13.4. The zero-order valence-electron chi connectivity index (χ0n) is 11.3. The lowest BCUT2D eigenvalue weighted by Crippen LogP contribution is -2.17. The Morgan fingerprint density at radius 2 is 2.17 bits per heavy atom. The first-order valence-corrected chi connectivity index (χ1v) is 6.91. The van der Waals surface area contributed by atoms with Crippen molar-refractivity contribution in [3.05, 3.63) is 34.3 Å². The molecule has 0 bridgehead atoms. The van der Waals surface area contributed by atoms with Crippen molar-refractivity contribution in [1.29, 1.82) is 0 Å². The Hall–Kier alpha value is -1.02. The Morgan fingerprint density at radius 3 is 2.78 bits per heavy atom. The molecule has 98 valence electrons. The van der Waals surface area contributed by atoms with Gasteiger partial charge in [-0.05, 0) is 44.4 Å². The van der Waals surface area contributed by atoms with E-state index in [-0.39, 0.29) is 5.54 Å². The van der Waals surface area contributed by atoms with Crippen LogP contribution in [0.25, 0.3) is 0 Å². The molecule has 0 spiro atoms. The lowest BCUT2D eigenvalue weighted by molar-refractivity contribution is 0.279. The van der Waals surface area contributed by atoms with Crippen molar-refractivity contribution in [2.75, 3.05) is 6.61 Å². The van der Waals surface area contributed by atoms with Crippen LogP contribution in [0.5, 0.6) is 0 Å². The summed E-state index contributed by atoms with van der Waals surface area (Å²) in [5.74, 6) is 0.744. The van der Waals surface area contributed by atoms with E-state index >= 15 is 0 Å². The van der Waals surface area contributed by atoms with E-state index in [4.69, 9.17) is 16.3 Å². The topological polar surface area (TPSA) is 21.6 Å². The zero-order valence-corrected chi connectivity index (χ0v) is 12.0. The van der Waals surface area contributed by atoms with Gasteiger partial charge in [0.25, 0.3) is 0 Å². The summed E-state index contributed by atoms with van der Waals surface area (Å²) in [6.07, 6.45) is 3.40. The summed E-state index contributed by atoms with van der Waals surface area (Å²) in [4.78, 5) is 4.64. The minimum Gasteiger partial charge on any atom is -0.475 e. The fraction of sp³-hybridized carbons (Fsp3) is 0.533. The molecule has 1 aliphatic heterocycles. The first-order valence-electron chi connectivity index (χ1n) is 6.53. The smallest absolute Gasteiger partial charge is 0.217 e. The van der Waals surface area contributed by atoms with E-state index in [1.807, 2.05) is 12.1 Å². The highest BCUT2D eigenvalue weighted by Crippen LogP contribution is 2.25. The second kappa shape index (κ2) is 5.31. The Bertz CT molecular complexity index is 466. The van der Waals surface area contributed by atoms with E-state index in [1.165, 1.54) is 18.4 Å². The summed E-state index contributed by atoms with van der Waals surface area (Å²) in [7, 11) is 0. The van der Waals surface area contributed by atoms with Gasteiger partial charge in [0.05, 0.1) is 5.54 Å². The summed E-state index contributed by atoms with van der Waals surface area (Å²) >= 11 is 6.09. The Balaban J connectivity index is 2.33. The van der Waals surface area contributed by atoms with Crippen LogP contribution in [-0.2, 0) is 11.2 Å². The number of aliphatic imine (C=N–C) groups is 1. The molecule has 0 aromatic heterocycles. The van der Waals surface area contributed by atoms with Gasteiger partial charge in [0.1, 0.15) is 6.61 Å². The maximum atomic E-state index is 6.09. The van der Waals surface area contributed by atoms with Crippen LogP contribution in [0, 0.1) is 0 Å². The summed E-state index contributed by atoms with van der Waals surface area (Å²) in [5.41, 5.74) is 2.21. The molecule has 0 N–H and O–H groups in total. The van der Waals surface area contributed by atoms with Crippen LogP contribution in [0.2, 0.25) is 5.02 Å². The number of halogens is 1. The highest BCUT2D eigenvalue weighted by Gasteiger charge is 2.28. The molecule has 1 heterocycles. The van der Waals surface area contributed by atoms with E-state index in [1.54, 1.807) is 0 Å². The molecule has 0 unspecified atom stereocenters. The predicted molar refractivity (Wildman–Crippen MR) is 76.6 cm³/mol. The fourth-order valence-corrected chi connectivity index (χ4v) is 2.23. The summed E-state index contributed by atoms with van der Waals surface area (Å²) in [6.45, 7) is 7.00. The van der Waals surface area contributed by atoms with Crippen molar-refractivity contribution >= 4 is 17.5 Å². The average molecular weight is 266 g/mol. The fourth-order valence-electron chi connectivity index (χ4n) is 2.06. The summed E-state index contributed by atoms with van der Waals surface area (Å²) in [5, 5.41) is 0.737. The van der Waals surface area contributed by atoms with Gasteiger partial charge in [-0.2, -0.15) is 0 Å². The van der Waals surface area contributed by atoms with Crippen molar-refractivity contribution in [3.63, 3.8) is 0 Å². The van der Waals surface area contributed by atoms with Crippen molar-refractivity contribution in [1.82, 2.24) is 0 Å². The van der Waals surface area contributed by atoms with Crippen molar-refractivity contribution in [2.24, 2.45) is 4.99 Å². The van der Waals surface area contributed by atoms with Crippen LogP contribution in [0.1, 0.15) is 44.7 Å². The van der Waals surface area contributed by atoms with Crippen LogP contribution in [0.3, 0.4) is 0 Å². The molecule has 0 fully saturated rings. The van der Waals surface area contributed by atoms with Crippen LogP contribution >= 0.6 is 11.6 Å². The monoisotopic (exact) mass is 265 g/mol. The molecule has 0 atom stereocenters. The van der Waals surface area contributed by atoms with E-state index in [0.29, 0.717) is 6.61 Å². The Labute approximate surface area is 114 Å². The maximum Gasteiger partial charge on any atom is 0.217 e. The molecule has 0 saturated carbocycles. The van der Waals surface area contributed by atoms with Crippen molar-refractivity contribution in [2.45, 2.75) is 45.6 Å². The van der Waals surface area contributed by atoms with Crippen LogP contribution in [0.15, 0.2) is 23.2 Å². The standard InChI is InChI=1S/C15H20ClNO/c1-4-5-6-11-7-8-12(16)9-13(11)14-17-15(2,3)10-18-14/h7-9H,4-6,10H2,1-3H3. The van der Waals surface area contributed by atoms with Gasteiger partial charge in [0, 0.05) is 10.6 Å². The molecule has 2 rings (SSSR count). The van der Waals surface area contributed by atoms with E-state index in [0.717, 1.165) is 22.9 Å². The number of hydrogen-bond donors (Lipinski definition) is 0. The van der Waals surface area contributed by atoms with E-state index in [2.05, 4.69) is 31.8 Å². The molecule has 3 heteroatoms. The number of nitrogens with zero attached hydrogens (tertiary/aromatic N) is 1. The average Bonchev–Trinajstić information content (AvgIpc) is 2.68. The molecule has 18 heavy (non-hydrogen) atoms. The highest BCUT2D eigenvalue weighted by atomic mass is 35.5. The van der Waals surface area contributed by atoms with Gasteiger partial charge in [-0.15, -0.1) is 0 Å². The molecule has 0 amide bonds. The molecular formula is C15H20ClNO. The number of benzene rings is 1. The normalized spacial score (nSPS) is 17.4. The first-order chi connectivity index (χ1) is 8.52. The van der Waals surface area contributed by atoms with Gasteiger partial charge < -0.3 is 4.74 Å². The third-order valence-electron chi connectivity index (χ3n) is 3.07. The van der Waals surface area contributed by atoms with Gasteiger partial charge in [-0.25, -0.2) is 4.99 Å². The summed E-state index contributed by atoms with van der Waals surface area (Å²) in [6, 6.07) is 5.99. The zero-order chi connectivity index (χ0) is 13.2. The van der Waals surface area contributed by atoms with Gasteiger partial charge in [0.2, 0.25) is 5.90 Å². The molecule has 0 radical (unpaired) electrons. The number of ether oxygens (including phenoxy) is 1. The molecule has 1 aromatic rings. The lowest BCUT2D eigenvalue weighted by Gasteiger charge is -2.09. The highest BCUT2D eigenvalue weighted by molar-refractivity contribution is 6.31. The van der Waals surface area contributed by atoms with Crippen LogP contribution in [0.4, 0.5) is 0 Å². The molecule has 2 nitrogen and oxygen atoms in total. The third-order valence-corrected chi connectivity index (χ3v) is 3.30. The number of unbranched alkanes of at least 4 members (excludes halogenated alkanes) is 1. The Morgan fingerprint density at radius 1 is 1.39 bits per heavy atom. The van der Waals surface area contributed by atoms with Crippen molar-refractivity contribution < 1.29 is 4.74 Å². The van der Waals surface area contributed by atoms with E-state index in [9.17, 15) is 0 Å².